The van der Waals surface area contributed by atoms with E-state index in [-0.39, 0.29) is 19.6 Å². The van der Waals surface area contributed by atoms with Crippen LogP contribution in [0.1, 0.15) is 76.7 Å². The number of benzene rings is 2. The lowest BCUT2D eigenvalue weighted by molar-refractivity contribution is -0.00850. The Bertz CT molecular complexity index is 947. The summed E-state index contributed by atoms with van der Waals surface area (Å²) in [4.78, 5) is 15.2. The fourth-order valence-electron chi connectivity index (χ4n) is 4.90. The maximum atomic E-state index is 13.3. The van der Waals surface area contributed by atoms with Gasteiger partial charge in [0, 0.05) is 25.9 Å². The van der Waals surface area contributed by atoms with E-state index in [9.17, 15) is 4.79 Å². The van der Waals surface area contributed by atoms with Crippen LogP contribution in [0.15, 0.2) is 48.5 Å². The second kappa shape index (κ2) is 20.1. The highest BCUT2D eigenvalue weighted by Crippen LogP contribution is 2.24. The first-order chi connectivity index (χ1) is 20.2. The molecule has 2 aromatic rings. The monoisotopic (exact) mass is 570 g/mol. The minimum absolute atomic E-state index is 0.114. The van der Waals surface area contributed by atoms with Crippen LogP contribution in [0.25, 0.3) is 0 Å². The van der Waals surface area contributed by atoms with Crippen molar-refractivity contribution >= 4 is 11.7 Å². The van der Waals surface area contributed by atoms with Gasteiger partial charge in [0.25, 0.3) is 0 Å². The molecule has 228 valence electrons. The van der Waals surface area contributed by atoms with Gasteiger partial charge in [-0.2, -0.15) is 0 Å². The number of anilines is 1. The SMILES string of the molecule is CCCCCCCN(Cc1ccc(OCOCCOC)cc1)C(=O)Nc1ccc(OCOCC2CCCCC2)cc1. The van der Waals surface area contributed by atoms with Gasteiger partial charge in [-0.05, 0) is 67.1 Å². The zero-order chi connectivity index (χ0) is 29.0. The van der Waals surface area contributed by atoms with E-state index in [4.69, 9.17) is 23.7 Å². The van der Waals surface area contributed by atoms with Crippen molar-refractivity contribution in [2.75, 3.05) is 52.4 Å². The second-order valence-corrected chi connectivity index (χ2v) is 10.7. The summed E-state index contributed by atoms with van der Waals surface area (Å²) >= 11 is 0. The molecule has 3 rings (SSSR count). The van der Waals surface area contributed by atoms with E-state index < -0.39 is 0 Å². The van der Waals surface area contributed by atoms with Crippen molar-refractivity contribution in [2.24, 2.45) is 5.92 Å². The third kappa shape index (κ3) is 13.6. The van der Waals surface area contributed by atoms with E-state index in [1.54, 1.807) is 7.11 Å². The first kappa shape index (κ1) is 32.7. The first-order valence-electron chi connectivity index (χ1n) is 15.3. The van der Waals surface area contributed by atoms with Crippen molar-refractivity contribution in [2.45, 2.75) is 77.7 Å². The highest BCUT2D eigenvalue weighted by Gasteiger charge is 2.15. The standard InChI is InChI=1S/C33H50N2O6/c1-3-4-5-6-10-21-35(24-28-13-17-31(18-14-28)40-26-38-23-22-37-2)33(36)34-30-15-19-32(20-16-30)41-27-39-25-29-11-8-7-9-12-29/h13-20,29H,3-12,21-27H2,1-2H3,(H,34,36). The average Bonchev–Trinajstić information content (AvgIpc) is 3.00. The van der Waals surface area contributed by atoms with Crippen LogP contribution in [0.3, 0.4) is 0 Å². The number of unbranched alkanes of at least 4 members (excludes halogenated alkanes) is 4. The van der Waals surface area contributed by atoms with Gasteiger partial charge in [0.05, 0.1) is 19.8 Å². The molecule has 0 spiro atoms. The summed E-state index contributed by atoms with van der Waals surface area (Å²) in [6.07, 6.45) is 12.2. The number of carbonyl (C=O) groups is 1. The molecule has 0 aromatic heterocycles. The molecule has 1 N–H and O–H groups in total. The van der Waals surface area contributed by atoms with Crippen LogP contribution < -0.4 is 14.8 Å². The Labute approximate surface area is 246 Å². The normalized spacial score (nSPS) is 13.6. The summed E-state index contributed by atoms with van der Waals surface area (Å²) in [5.41, 5.74) is 1.78. The number of nitrogens with zero attached hydrogens (tertiary/aromatic N) is 1. The van der Waals surface area contributed by atoms with Gasteiger partial charge in [0.15, 0.2) is 13.6 Å². The molecule has 41 heavy (non-hydrogen) atoms. The van der Waals surface area contributed by atoms with Crippen LogP contribution in [-0.4, -0.2) is 58.0 Å². The largest absolute Gasteiger partial charge is 0.468 e. The molecule has 0 radical (unpaired) electrons. The lowest BCUT2D eigenvalue weighted by Gasteiger charge is -2.24. The zero-order valence-corrected chi connectivity index (χ0v) is 25.1. The van der Waals surface area contributed by atoms with Crippen LogP contribution in [0.5, 0.6) is 11.5 Å². The molecule has 0 bridgehead atoms. The average molecular weight is 571 g/mol. The predicted molar refractivity (Wildman–Crippen MR) is 162 cm³/mol. The van der Waals surface area contributed by atoms with Gasteiger partial charge >= 0.3 is 6.03 Å². The number of ether oxygens (including phenoxy) is 5. The van der Waals surface area contributed by atoms with E-state index >= 15 is 0 Å². The molecule has 2 amide bonds. The fraction of sp³-hybridized carbons (Fsp3) is 0.606. The summed E-state index contributed by atoms with van der Waals surface area (Å²) in [5.74, 6) is 2.12. The van der Waals surface area contributed by atoms with Crippen molar-refractivity contribution in [1.29, 1.82) is 0 Å². The molecule has 2 aromatic carbocycles. The van der Waals surface area contributed by atoms with E-state index in [0.717, 1.165) is 42.2 Å². The lowest BCUT2D eigenvalue weighted by Crippen LogP contribution is -2.35. The van der Waals surface area contributed by atoms with E-state index in [0.29, 0.717) is 32.2 Å². The maximum absolute atomic E-state index is 13.3. The topological polar surface area (TPSA) is 78.5 Å². The Morgan fingerprint density at radius 3 is 2.17 bits per heavy atom. The Kier molecular flexibility index (Phi) is 16.1. The number of nitrogens with one attached hydrogen (secondary N) is 1. The fourth-order valence-corrected chi connectivity index (χ4v) is 4.90. The maximum Gasteiger partial charge on any atom is 0.322 e. The van der Waals surface area contributed by atoms with Gasteiger partial charge in [-0.3, -0.25) is 0 Å². The van der Waals surface area contributed by atoms with Crippen LogP contribution in [0, 0.1) is 5.92 Å². The van der Waals surface area contributed by atoms with E-state index in [1.807, 2.05) is 53.4 Å². The number of hydrogen-bond donors (Lipinski definition) is 1. The highest BCUT2D eigenvalue weighted by atomic mass is 16.7. The van der Waals surface area contributed by atoms with Crippen LogP contribution in [0.2, 0.25) is 0 Å². The number of urea groups is 1. The summed E-state index contributed by atoms with van der Waals surface area (Å²) in [5, 5.41) is 3.06. The van der Waals surface area contributed by atoms with Gasteiger partial charge in [-0.1, -0.05) is 64.0 Å². The van der Waals surface area contributed by atoms with Crippen LogP contribution in [0.4, 0.5) is 10.5 Å². The second-order valence-electron chi connectivity index (χ2n) is 10.7. The summed E-state index contributed by atoms with van der Waals surface area (Å²) in [6.45, 7) is 5.63. The molecule has 0 saturated heterocycles. The number of carbonyl (C=O) groups excluding carboxylic acids is 1. The first-order valence-corrected chi connectivity index (χ1v) is 15.3. The zero-order valence-electron chi connectivity index (χ0n) is 25.1. The molecule has 1 fully saturated rings. The molecular weight excluding hydrogens is 520 g/mol. The molecule has 0 atom stereocenters. The Morgan fingerprint density at radius 1 is 0.829 bits per heavy atom. The van der Waals surface area contributed by atoms with E-state index in [2.05, 4.69) is 12.2 Å². The number of methoxy groups -OCH3 is 1. The Morgan fingerprint density at radius 2 is 1.49 bits per heavy atom. The third-order valence-corrected chi connectivity index (χ3v) is 7.35. The molecule has 1 aliphatic carbocycles. The molecule has 8 nitrogen and oxygen atoms in total. The van der Waals surface area contributed by atoms with Crippen molar-refractivity contribution < 1.29 is 28.5 Å². The molecule has 0 heterocycles. The van der Waals surface area contributed by atoms with E-state index in [1.165, 1.54) is 51.4 Å². The third-order valence-electron chi connectivity index (χ3n) is 7.35. The van der Waals surface area contributed by atoms with Crippen LogP contribution in [-0.2, 0) is 20.8 Å². The van der Waals surface area contributed by atoms with Gasteiger partial charge in [-0.25, -0.2) is 4.79 Å². The molecule has 1 saturated carbocycles. The number of amides is 2. The molecule has 1 aliphatic rings. The van der Waals surface area contributed by atoms with Gasteiger partial charge in [-0.15, -0.1) is 0 Å². The van der Waals surface area contributed by atoms with Gasteiger partial charge < -0.3 is 33.9 Å². The molecule has 0 unspecified atom stereocenters. The summed E-state index contributed by atoms with van der Waals surface area (Å²) in [7, 11) is 1.64. The van der Waals surface area contributed by atoms with Crippen molar-refractivity contribution in [3.63, 3.8) is 0 Å². The lowest BCUT2D eigenvalue weighted by atomic mass is 9.90. The quantitative estimate of drug-likeness (QED) is 0.130. The van der Waals surface area contributed by atoms with Gasteiger partial charge in [0.2, 0.25) is 0 Å². The molecular formula is C33H50N2O6. The van der Waals surface area contributed by atoms with Crippen molar-refractivity contribution in [3.8, 4) is 11.5 Å². The van der Waals surface area contributed by atoms with Crippen LogP contribution >= 0.6 is 0 Å². The number of rotatable bonds is 20. The smallest absolute Gasteiger partial charge is 0.322 e. The molecule has 0 aliphatic heterocycles. The Hall–Kier alpha value is -2.81. The minimum atomic E-state index is -0.114. The minimum Gasteiger partial charge on any atom is -0.468 e. The molecule has 8 heteroatoms. The predicted octanol–water partition coefficient (Wildman–Crippen LogP) is 7.62. The summed E-state index contributed by atoms with van der Waals surface area (Å²) < 4.78 is 27.4. The van der Waals surface area contributed by atoms with Crippen molar-refractivity contribution in [3.05, 3.63) is 54.1 Å². The van der Waals surface area contributed by atoms with Crippen molar-refractivity contribution in [1.82, 2.24) is 4.90 Å². The van der Waals surface area contributed by atoms with Gasteiger partial charge in [0.1, 0.15) is 11.5 Å². The number of hydrogen-bond acceptors (Lipinski definition) is 6. The highest BCUT2D eigenvalue weighted by molar-refractivity contribution is 5.89. The Balaban J connectivity index is 1.47. The summed E-state index contributed by atoms with van der Waals surface area (Å²) in [6, 6.07) is 15.2.